The second kappa shape index (κ2) is 4.42. The molecule has 1 aliphatic carbocycles. The Morgan fingerprint density at radius 1 is 1.21 bits per heavy atom. The van der Waals surface area contributed by atoms with E-state index in [1.54, 1.807) is 7.11 Å². The number of benzene rings is 2. The SMILES string of the molecule is COc1cccc2c(O)c(C3(CN)CCC3)ccc12. The Hall–Kier alpha value is -1.74. The van der Waals surface area contributed by atoms with Gasteiger partial charge in [0.15, 0.2) is 0 Å². The Morgan fingerprint density at radius 3 is 2.58 bits per heavy atom. The summed E-state index contributed by atoms with van der Waals surface area (Å²) < 4.78 is 5.34. The zero-order valence-corrected chi connectivity index (χ0v) is 11.1. The standard InChI is InChI=1S/C16H19NO2/c1-19-14-5-2-4-12-11(14)6-7-13(15(12)18)16(10-17)8-3-9-16/h2,4-7,18H,3,8-10,17H2,1H3. The van der Waals surface area contributed by atoms with Crippen LogP contribution in [-0.4, -0.2) is 18.8 Å². The number of phenols is 1. The summed E-state index contributed by atoms with van der Waals surface area (Å²) in [5, 5.41) is 12.4. The Morgan fingerprint density at radius 2 is 2.00 bits per heavy atom. The van der Waals surface area contributed by atoms with Gasteiger partial charge in [0, 0.05) is 28.3 Å². The van der Waals surface area contributed by atoms with E-state index in [0.717, 1.165) is 34.9 Å². The summed E-state index contributed by atoms with van der Waals surface area (Å²) in [5.41, 5.74) is 6.90. The van der Waals surface area contributed by atoms with Crippen LogP contribution in [0.2, 0.25) is 0 Å². The third kappa shape index (κ3) is 1.69. The third-order valence-electron chi connectivity index (χ3n) is 4.49. The van der Waals surface area contributed by atoms with Gasteiger partial charge in [-0.25, -0.2) is 0 Å². The highest BCUT2D eigenvalue weighted by Crippen LogP contribution is 2.48. The van der Waals surface area contributed by atoms with Gasteiger partial charge in [-0.05, 0) is 18.9 Å². The largest absolute Gasteiger partial charge is 0.507 e. The van der Waals surface area contributed by atoms with Crippen molar-refractivity contribution in [1.29, 1.82) is 0 Å². The molecule has 0 radical (unpaired) electrons. The summed E-state index contributed by atoms with van der Waals surface area (Å²) in [6.45, 7) is 0.593. The van der Waals surface area contributed by atoms with Crippen LogP contribution in [-0.2, 0) is 5.41 Å². The Kier molecular flexibility index (Phi) is 2.86. The average molecular weight is 257 g/mol. The number of nitrogens with two attached hydrogens (primary N) is 1. The summed E-state index contributed by atoms with van der Waals surface area (Å²) in [4.78, 5) is 0. The Bertz CT molecular complexity index is 612. The molecule has 3 N–H and O–H groups in total. The quantitative estimate of drug-likeness (QED) is 0.889. The molecule has 3 heteroatoms. The van der Waals surface area contributed by atoms with Crippen molar-refractivity contribution in [2.24, 2.45) is 5.73 Å². The van der Waals surface area contributed by atoms with Crippen LogP contribution in [0.1, 0.15) is 24.8 Å². The fourth-order valence-electron chi connectivity index (χ4n) is 3.11. The van der Waals surface area contributed by atoms with Crippen LogP contribution in [0.4, 0.5) is 0 Å². The lowest BCUT2D eigenvalue weighted by Gasteiger charge is -2.42. The fourth-order valence-corrected chi connectivity index (χ4v) is 3.11. The normalized spacial score (nSPS) is 17.2. The van der Waals surface area contributed by atoms with Gasteiger partial charge in [-0.1, -0.05) is 30.7 Å². The van der Waals surface area contributed by atoms with Gasteiger partial charge in [0.25, 0.3) is 0 Å². The van der Waals surface area contributed by atoms with Gasteiger partial charge in [0.1, 0.15) is 11.5 Å². The first-order valence-electron chi connectivity index (χ1n) is 6.71. The lowest BCUT2D eigenvalue weighted by atomic mass is 9.64. The van der Waals surface area contributed by atoms with Gasteiger partial charge < -0.3 is 15.6 Å². The summed E-state index contributed by atoms with van der Waals surface area (Å²) in [6.07, 6.45) is 3.31. The molecule has 0 atom stereocenters. The van der Waals surface area contributed by atoms with Crippen molar-refractivity contribution in [3.05, 3.63) is 35.9 Å². The van der Waals surface area contributed by atoms with E-state index in [1.165, 1.54) is 6.42 Å². The van der Waals surface area contributed by atoms with Crippen molar-refractivity contribution in [2.45, 2.75) is 24.7 Å². The molecule has 1 saturated carbocycles. The predicted octanol–water partition coefficient (Wildman–Crippen LogP) is 2.93. The highest BCUT2D eigenvalue weighted by Gasteiger charge is 2.39. The molecule has 1 fully saturated rings. The number of phenolic OH excluding ortho intramolecular Hbond substituents is 1. The molecule has 0 unspecified atom stereocenters. The maximum Gasteiger partial charge on any atom is 0.127 e. The molecular formula is C16H19NO2. The summed E-state index contributed by atoms with van der Waals surface area (Å²) in [6, 6.07) is 9.77. The van der Waals surface area contributed by atoms with Crippen LogP contribution in [0, 0.1) is 0 Å². The molecule has 0 heterocycles. The molecule has 100 valence electrons. The van der Waals surface area contributed by atoms with Crippen LogP contribution >= 0.6 is 0 Å². The van der Waals surface area contributed by atoms with Gasteiger partial charge in [0.05, 0.1) is 7.11 Å². The number of ether oxygens (including phenoxy) is 1. The van der Waals surface area contributed by atoms with E-state index in [2.05, 4.69) is 0 Å². The molecule has 0 saturated heterocycles. The zero-order valence-electron chi connectivity index (χ0n) is 11.1. The number of hydrogen-bond acceptors (Lipinski definition) is 3. The van der Waals surface area contributed by atoms with Gasteiger partial charge in [0.2, 0.25) is 0 Å². The minimum atomic E-state index is -0.0264. The molecule has 1 aliphatic rings. The monoisotopic (exact) mass is 257 g/mol. The molecule has 3 rings (SSSR count). The number of methoxy groups -OCH3 is 1. The second-order valence-corrected chi connectivity index (χ2v) is 5.36. The topological polar surface area (TPSA) is 55.5 Å². The first kappa shape index (κ1) is 12.3. The first-order chi connectivity index (χ1) is 9.22. The number of fused-ring (bicyclic) bond motifs is 1. The summed E-state index contributed by atoms with van der Waals surface area (Å²) >= 11 is 0. The molecule has 0 aliphatic heterocycles. The lowest BCUT2D eigenvalue weighted by molar-refractivity contribution is 0.246. The van der Waals surface area contributed by atoms with Crippen LogP contribution in [0.3, 0.4) is 0 Å². The second-order valence-electron chi connectivity index (χ2n) is 5.36. The minimum absolute atomic E-state index is 0.0264. The lowest BCUT2D eigenvalue weighted by Crippen LogP contribution is -2.41. The van der Waals surface area contributed by atoms with Gasteiger partial charge >= 0.3 is 0 Å². The van der Waals surface area contributed by atoms with Crippen molar-refractivity contribution in [3.8, 4) is 11.5 Å². The molecule has 0 bridgehead atoms. The molecule has 2 aromatic rings. The first-order valence-corrected chi connectivity index (χ1v) is 6.71. The average Bonchev–Trinajstić information content (AvgIpc) is 2.40. The maximum atomic E-state index is 10.6. The molecule has 2 aromatic carbocycles. The highest BCUT2D eigenvalue weighted by molar-refractivity contribution is 5.94. The van der Waals surface area contributed by atoms with E-state index in [4.69, 9.17) is 10.5 Å². The number of hydrogen-bond donors (Lipinski definition) is 2. The van der Waals surface area contributed by atoms with E-state index in [1.807, 2.05) is 30.3 Å². The van der Waals surface area contributed by atoms with Crippen LogP contribution < -0.4 is 10.5 Å². The van der Waals surface area contributed by atoms with E-state index in [-0.39, 0.29) is 5.41 Å². The summed E-state index contributed by atoms with van der Waals surface area (Å²) in [7, 11) is 1.65. The van der Waals surface area contributed by atoms with Crippen molar-refractivity contribution < 1.29 is 9.84 Å². The van der Waals surface area contributed by atoms with E-state index < -0.39 is 0 Å². The fraction of sp³-hybridized carbons (Fsp3) is 0.375. The van der Waals surface area contributed by atoms with E-state index in [9.17, 15) is 5.11 Å². The van der Waals surface area contributed by atoms with Gasteiger partial charge in [-0.2, -0.15) is 0 Å². The van der Waals surface area contributed by atoms with Crippen LogP contribution in [0.5, 0.6) is 11.5 Å². The van der Waals surface area contributed by atoms with Crippen molar-refractivity contribution in [3.63, 3.8) is 0 Å². The molecule has 0 amide bonds. The molecule has 19 heavy (non-hydrogen) atoms. The van der Waals surface area contributed by atoms with Crippen molar-refractivity contribution in [2.75, 3.05) is 13.7 Å². The number of aromatic hydroxyl groups is 1. The van der Waals surface area contributed by atoms with Crippen molar-refractivity contribution in [1.82, 2.24) is 0 Å². The molecule has 0 spiro atoms. The van der Waals surface area contributed by atoms with E-state index >= 15 is 0 Å². The Labute approximate surface area is 113 Å². The van der Waals surface area contributed by atoms with Gasteiger partial charge in [-0.15, -0.1) is 0 Å². The van der Waals surface area contributed by atoms with Crippen molar-refractivity contribution >= 4 is 10.8 Å². The maximum absolute atomic E-state index is 10.6. The smallest absolute Gasteiger partial charge is 0.127 e. The van der Waals surface area contributed by atoms with Gasteiger partial charge in [-0.3, -0.25) is 0 Å². The van der Waals surface area contributed by atoms with Crippen LogP contribution in [0.25, 0.3) is 10.8 Å². The molecule has 3 nitrogen and oxygen atoms in total. The zero-order chi connectivity index (χ0) is 13.5. The third-order valence-corrected chi connectivity index (χ3v) is 4.49. The summed E-state index contributed by atoms with van der Waals surface area (Å²) in [5.74, 6) is 1.15. The highest BCUT2D eigenvalue weighted by atomic mass is 16.5. The molecular weight excluding hydrogens is 238 g/mol. The number of rotatable bonds is 3. The predicted molar refractivity (Wildman–Crippen MR) is 76.7 cm³/mol. The van der Waals surface area contributed by atoms with Crippen LogP contribution in [0.15, 0.2) is 30.3 Å². The minimum Gasteiger partial charge on any atom is -0.507 e. The Balaban J connectivity index is 2.22. The van der Waals surface area contributed by atoms with E-state index in [0.29, 0.717) is 12.3 Å². The molecule has 0 aromatic heterocycles.